The van der Waals surface area contributed by atoms with Gasteiger partial charge in [-0.05, 0) is 31.2 Å². The molecule has 4 atom stereocenters. The Labute approximate surface area is 161 Å². The second kappa shape index (κ2) is 6.90. The fourth-order valence-corrected chi connectivity index (χ4v) is 4.48. The Kier molecular flexibility index (Phi) is 4.54. The van der Waals surface area contributed by atoms with Crippen LogP contribution < -0.4 is 15.0 Å². The lowest BCUT2D eigenvalue weighted by molar-refractivity contribution is -0.152. The van der Waals surface area contributed by atoms with Gasteiger partial charge in [0.05, 0.1) is 31.2 Å². The maximum absolute atomic E-state index is 13.2. The zero-order chi connectivity index (χ0) is 20.0. The van der Waals surface area contributed by atoms with E-state index < -0.39 is 41.7 Å². The van der Waals surface area contributed by atoms with E-state index in [0.717, 1.165) is 4.90 Å². The number of amides is 3. The summed E-state index contributed by atoms with van der Waals surface area (Å²) in [5.41, 5.74) is 0.412. The standard InChI is InChI=1S/C19H21N3O6/c1-3-28-11-6-4-10(5-7-11)22-17(24)12-13(19(26)27-2)14-16(23)20-8-9-21(14)15(12)18(22)25/h4-7,12-15H,3,8-9H2,1-2H3,(H,20,23)/t12-,13-,14+,15-/m0/s1. The number of methoxy groups -OCH3 is 1. The number of esters is 1. The van der Waals surface area contributed by atoms with E-state index in [0.29, 0.717) is 31.1 Å². The largest absolute Gasteiger partial charge is 0.494 e. The van der Waals surface area contributed by atoms with Crippen LogP contribution in [0.3, 0.4) is 0 Å². The Morgan fingerprint density at radius 2 is 1.86 bits per heavy atom. The molecular formula is C19H21N3O6. The van der Waals surface area contributed by atoms with E-state index in [2.05, 4.69) is 5.32 Å². The van der Waals surface area contributed by atoms with Crippen LogP contribution in [0.25, 0.3) is 0 Å². The van der Waals surface area contributed by atoms with Crippen LogP contribution in [0.15, 0.2) is 24.3 Å². The zero-order valence-electron chi connectivity index (χ0n) is 15.6. The van der Waals surface area contributed by atoms with Crippen molar-refractivity contribution in [3.63, 3.8) is 0 Å². The second-order valence-corrected chi connectivity index (χ2v) is 6.93. The molecule has 3 aliphatic heterocycles. The summed E-state index contributed by atoms with van der Waals surface area (Å²) >= 11 is 0. The fourth-order valence-electron chi connectivity index (χ4n) is 4.48. The van der Waals surface area contributed by atoms with Gasteiger partial charge in [-0.25, -0.2) is 4.90 Å². The van der Waals surface area contributed by atoms with Crippen molar-refractivity contribution in [2.45, 2.75) is 19.0 Å². The van der Waals surface area contributed by atoms with Gasteiger partial charge in [-0.2, -0.15) is 0 Å². The average molecular weight is 387 g/mol. The summed E-state index contributed by atoms with van der Waals surface area (Å²) < 4.78 is 10.3. The molecule has 0 spiro atoms. The molecule has 4 rings (SSSR count). The predicted octanol–water partition coefficient (Wildman–Crippen LogP) is -0.453. The van der Waals surface area contributed by atoms with Crippen LogP contribution in [0.4, 0.5) is 5.69 Å². The number of nitrogens with one attached hydrogen (secondary N) is 1. The minimum absolute atomic E-state index is 0.357. The quantitative estimate of drug-likeness (QED) is 0.551. The minimum Gasteiger partial charge on any atom is -0.494 e. The van der Waals surface area contributed by atoms with Gasteiger partial charge in [0.1, 0.15) is 17.8 Å². The van der Waals surface area contributed by atoms with Gasteiger partial charge >= 0.3 is 5.97 Å². The smallest absolute Gasteiger partial charge is 0.311 e. The van der Waals surface area contributed by atoms with E-state index >= 15 is 0 Å². The van der Waals surface area contributed by atoms with Gasteiger partial charge in [0.25, 0.3) is 5.91 Å². The molecule has 28 heavy (non-hydrogen) atoms. The Bertz CT molecular complexity index is 839. The number of benzene rings is 1. The number of nitrogens with zero attached hydrogens (tertiary/aromatic N) is 2. The molecule has 1 aromatic carbocycles. The molecule has 0 bridgehead atoms. The highest BCUT2D eigenvalue weighted by molar-refractivity contribution is 6.25. The molecule has 148 valence electrons. The molecule has 0 aliphatic carbocycles. The van der Waals surface area contributed by atoms with Crippen molar-refractivity contribution >= 4 is 29.4 Å². The lowest BCUT2D eigenvalue weighted by atomic mass is 9.87. The summed E-state index contributed by atoms with van der Waals surface area (Å²) in [5, 5.41) is 2.70. The van der Waals surface area contributed by atoms with Crippen molar-refractivity contribution < 1.29 is 28.7 Å². The summed E-state index contributed by atoms with van der Waals surface area (Å²) in [5.74, 6) is -3.26. The third kappa shape index (κ3) is 2.57. The maximum atomic E-state index is 13.2. The number of fused-ring (bicyclic) bond motifs is 3. The maximum Gasteiger partial charge on any atom is 0.311 e. The van der Waals surface area contributed by atoms with Crippen LogP contribution in [0.2, 0.25) is 0 Å². The molecule has 0 aromatic heterocycles. The summed E-state index contributed by atoms with van der Waals surface area (Å²) in [7, 11) is 1.21. The van der Waals surface area contributed by atoms with E-state index in [1.807, 2.05) is 6.92 Å². The molecule has 1 N–H and O–H groups in total. The van der Waals surface area contributed by atoms with Crippen LogP contribution in [-0.4, -0.2) is 67.5 Å². The molecule has 9 nitrogen and oxygen atoms in total. The molecule has 0 unspecified atom stereocenters. The van der Waals surface area contributed by atoms with Crippen molar-refractivity contribution in [2.75, 3.05) is 31.7 Å². The van der Waals surface area contributed by atoms with Crippen molar-refractivity contribution in [2.24, 2.45) is 11.8 Å². The Hall–Kier alpha value is -2.94. The number of anilines is 1. The van der Waals surface area contributed by atoms with Crippen LogP contribution in [0.1, 0.15) is 6.92 Å². The van der Waals surface area contributed by atoms with Gasteiger partial charge in [0, 0.05) is 13.1 Å². The third-order valence-corrected chi connectivity index (χ3v) is 5.58. The van der Waals surface area contributed by atoms with E-state index in [4.69, 9.17) is 9.47 Å². The third-order valence-electron chi connectivity index (χ3n) is 5.58. The number of carbonyl (C=O) groups is 4. The number of hydrogen-bond donors (Lipinski definition) is 1. The second-order valence-electron chi connectivity index (χ2n) is 6.93. The van der Waals surface area contributed by atoms with Crippen LogP contribution in [0.5, 0.6) is 5.75 Å². The Morgan fingerprint density at radius 1 is 1.14 bits per heavy atom. The minimum atomic E-state index is -1.01. The number of carbonyl (C=O) groups excluding carboxylic acids is 4. The van der Waals surface area contributed by atoms with Crippen molar-refractivity contribution in [3.8, 4) is 5.75 Å². The molecule has 0 saturated carbocycles. The number of piperazine rings is 1. The molecule has 3 amide bonds. The summed E-state index contributed by atoms with van der Waals surface area (Å²) in [6.45, 7) is 3.11. The molecule has 3 fully saturated rings. The first kappa shape index (κ1) is 18.4. The summed E-state index contributed by atoms with van der Waals surface area (Å²) in [6.07, 6.45) is 0. The predicted molar refractivity (Wildman–Crippen MR) is 96.4 cm³/mol. The highest BCUT2D eigenvalue weighted by Gasteiger charge is 2.66. The molecular weight excluding hydrogens is 366 g/mol. The van der Waals surface area contributed by atoms with Crippen LogP contribution >= 0.6 is 0 Å². The first-order valence-electron chi connectivity index (χ1n) is 9.21. The van der Waals surface area contributed by atoms with Crippen molar-refractivity contribution in [3.05, 3.63) is 24.3 Å². The van der Waals surface area contributed by atoms with Crippen LogP contribution in [-0.2, 0) is 23.9 Å². The number of imide groups is 1. The van der Waals surface area contributed by atoms with Gasteiger partial charge < -0.3 is 14.8 Å². The molecule has 3 heterocycles. The van der Waals surface area contributed by atoms with Crippen molar-refractivity contribution in [1.29, 1.82) is 0 Å². The SMILES string of the molecule is CCOc1ccc(N2C(=O)[C@H]3[C@H](C(=O)OC)[C@@H]4C(=O)NCCN4[C@@H]3C2=O)cc1. The van der Waals surface area contributed by atoms with E-state index in [9.17, 15) is 19.2 Å². The number of rotatable bonds is 4. The first-order valence-corrected chi connectivity index (χ1v) is 9.21. The van der Waals surface area contributed by atoms with Crippen molar-refractivity contribution in [1.82, 2.24) is 10.2 Å². The van der Waals surface area contributed by atoms with Gasteiger partial charge in [0.2, 0.25) is 11.8 Å². The first-order chi connectivity index (χ1) is 13.5. The highest BCUT2D eigenvalue weighted by Crippen LogP contribution is 2.44. The lowest BCUT2D eigenvalue weighted by Gasteiger charge is -2.34. The number of hydrogen-bond acceptors (Lipinski definition) is 7. The molecule has 3 saturated heterocycles. The Morgan fingerprint density at radius 3 is 2.50 bits per heavy atom. The summed E-state index contributed by atoms with van der Waals surface area (Å²) in [4.78, 5) is 54.0. The van der Waals surface area contributed by atoms with Gasteiger partial charge in [-0.3, -0.25) is 24.1 Å². The molecule has 3 aliphatic rings. The normalized spacial score (nSPS) is 29.4. The molecule has 9 heteroatoms. The van der Waals surface area contributed by atoms with E-state index in [1.54, 1.807) is 29.2 Å². The lowest BCUT2D eigenvalue weighted by Crippen LogP contribution is -2.58. The zero-order valence-corrected chi connectivity index (χ0v) is 15.6. The Balaban J connectivity index is 1.71. The van der Waals surface area contributed by atoms with E-state index in [1.165, 1.54) is 7.11 Å². The average Bonchev–Trinajstić information content (AvgIpc) is 3.17. The van der Waals surface area contributed by atoms with Gasteiger partial charge in [-0.1, -0.05) is 0 Å². The van der Waals surface area contributed by atoms with Crippen LogP contribution in [0, 0.1) is 11.8 Å². The summed E-state index contributed by atoms with van der Waals surface area (Å²) in [6, 6.07) is 4.92. The fraction of sp³-hybridized carbons (Fsp3) is 0.474. The molecule has 0 radical (unpaired) electrons. The van der Waals surface area contributed by atoms with Gasteiger partial charge in [0.15, 0.2) is 0 Å². The van der Waals surface area contributed by atoms with Gasteiger partial charge in [-0.15, -0.1) is 0 Å². The topological polar surface area (TPSA) is 105 Å². The van der Waals surface area contributed by atoms with E-state index in [-0.39, 0.29) is 5.91 Å². The monoisotopic (exact) mass is 387 g/mol. The number of ether oxygens (including phenoxy) is 2. The molecule has 1 aromatic rings. The highest BCUT2D eigenvalue weighted by atomic mass is 16.5.